The zero-order valence-corrected chi connectivity index (χ0v) is 8.79. The van der Waals surface area contributed by atoms with Crippen molar-refractivity contribution in [1.29, 1.82) is 0 Å². The van der Waals surface area contributed by atoms with Crippen LogP contribution in [0.1, 0.15) is 16.7 Å². The SMILES string of the molecule is CN1CCc2ccc(CN)cc2CC1. The highest BCUT2D eigenvalue weighted by Crippen LogP contribution is 2.16. The van der Waals surface area contributed by atoms with Crippen LogP contribution in [-0.2, 0) is 19.4 Å². The van der Waals surface area contributed by atoms with Crippen LogP contribution in [0.25, 0.3) is 0 Å². The molecule has 14 heavy (non-hydrogen) atoms. The molecule has 76 valence electrons. The number of benzene rings is 1. The Morgan fingerprint density at radius 3 is 2.64 bits per heavy atom. The molecule has 1 heterocycles. The quantitative estimate of drug-likeness (QED) is 0.720. The first-order chi connectivity index (χ1) is 6.79. The van der Waals surface area contributed by atoms with Gasteiger partial charge >= 0.3 is 0 Å². The summed E-state index contributed by atoms with van der Waals surface area (Å²) in [7, 11) is 2.19. The van der Waals surface area contributed by atoms with Crippen molar-refractivity contribution in [2.24, 2.45) is 5.73 Å². The molecule has 0 atom stereocenters. The first-order valence-corrected chi connectivity index (χ1v) is 5.29. The van der Waals surface area contributed by atoms with Crippen LogP contribution in [-0.4, -0.2) is 25.0 Å². The van der Waals surface area contributed by atoms with E-state index in [0.29, 0.717) is 6.54 Å². The topological polar surface area (TPSA) is 29.3 Å². The smallest absolute Gasteiger partial charge is 0.0178 e. The van der Waals surface area contributed by atoms with E-state index in [1.807, 2.05) is 0 Å². The molecule has 0 aliphatic carbocycles. The maximum absolute atomic E-state index is 5.64. The summed E-state index contributed by atoms with van der Waals surface area (Å²) in [5, 5.41) is 0. The average molecular weight is 190 g/mol. The van der Waals surface area contributed by atoms with E-state index < -0.39 is 0 Å². The fourth-order valence-corrected chi connectivity index (χ4v) is 2.02. The monoisotopic (exact) mass is 190 g/mol. The van der Waals surface area contributed by atoms with Gasteiger partial charge in [0.25, 0.3) is 0 Å². The summed E-state index contributed by atoms with van der Waals surface area (Å²) in [6.07, 6.45) is 2.34. The molecule has 2 N–H and O–H groups in total. The van der Waals surface area contributed by atoms with E-state index in [9.17, 15) is 0 Å². The van der Waals surface area contributed by atoms with Crippen molar-refractivity contribution in [3.8, 4) is 0 Å². The molecule has 0 saturated carbocycles. The summed E-state index contributed by atoms with van der Waals surface area (Å²) in [5.74, 6) is 0. The minimum Gasteiger partial charge on any atom is -0.326 e. The van der Waals surface area contributed by atoms with E-state index in [2.05, 4.69) is 30.1 Å². The highest BCUT2D eigenvalue weighted by molar-refractivity contribution is 5.33. The van der Waals surface area contributed by atoms with E-state index in [1.165, 1.54) is 42.6 Å². The zero-order valence-electron chi connectivity index (χ0n) is 8.79. The molecular weight excluding hydrogens is 172 g/mol. The summed E-state index contributed by atoms with van der Waals surface area (Å²) in [6, 6.07) is 6.68. The largest absolute Gasteiger partial charge is 0.326 e. The zero-order chi connectivity index (χ0) is 9.97. The minimum absolute atomic E-state index is 0.656. The first kappa shape index (κ1) is 9.69. The molecule has 1 aliphatic heterocycles. The van der Waals surface area contributed by atoms with E-state index in [4.69, 9.17) is 5.73 Å². The fourth-order valence-electron chi connectivity index (χ4n) is 2.02. The maximum atomic E-state index is 5.64. The van der Waals surface area contributed by atoms with Gasteiger partial charge in [0.05, 0.1) is 0 Å². The second-order valence-corrected chi connectivity index (χ2v) is 4.11. The molecule has 2 heteroatoms. The summed E-state index contributed by atoms with van der Waals surface area (Å²) in [6.45, 7) is 3.00. The van der Waals surface area contributed by atoms with Gasteiger partial charge in [-0.2, -0.15) is 0 Å². The van der Waals surface area contributed by atoms with Gasteiger partial charge in [-0.25, -0.2) is 0 Å². The van der Waals surface area contributed by atoms with Crippen molar-refractivity contribution in [2.45, 2.75) is 19.4 Å². The lowest BCUT2D eigenvalue weighted by Gasteiger charge is -2.10. The molecule has 0 fully saturated rings. The number of likely N-dealkylation sites (N-methyl/N-ethyl adjacent to an activating group) is 1. The summed E-state index contributed by atoms with van der Waals surface area (Å²) >= 11 is 0. The Kier molecular flexibility index (Phi) is 2.85. The summed E-state index contributed by atoms with van der Waals surface area (Å²) in [4.78, 5) is 2.39. The highest BCUT2D eigenvalue weighted by Gasteiger charge is 2.10. The molecule has 1 aromatic carbocycles. The molecule has 0 unspecified atom stereocenters. The number of rotatable bonds is 1. The lowest BCUT2D eigenvalue weighted by Crippen LogP contribution is -2.20. The third kappa shape index (κ3) is 1.97. The van der Waals surface area contributed by atoms with Crippen LogP contribution < -0.4 is 5.73 Å². The number of hydrogen-bond donors (Lipinski definition) is 1. The molecule has 0 radical (unpaired) electrons. The molecular formula is C12H18N2. The van der Waals surface area contributed by atoms with Crippen molar-refractivity contribution in [3.63, 3.8) is 0 Å². The van der Waals surface area contributed by atoms with Crippen molar-refractivity contribution < 1.29 is 0 Å². The van der Waals surface area contributed by atoms with Gasteiger partial charge in [0.2, 0.25) is 0 Å². The Labute approximate surface area is 85.7 Å². The third-order valence-corrected chi connectivity index (χ3v) is 3.03. The minimum atomic E-state index is 0.656. The Morgan fingerprint density at radius 1 is 1.21 bits per heavy atom. The van der Waals surface area contributed by atoms with Crippen LogP contribution in [0.15, 0.2) is 18.2 Å². The molecule has 0 amide bonds. The van der Waals surface area contributed by atoms with Gasteiger partial charge in [-0.05, 0) is 36.6 Å². The van der Waals surface area contributed by atoms with Crippen LogP contribution >= 0.6 is 0 Å². The Balaban J connectivity index is 2.27. The van der Waals surface area contributed by atoms with E-state index in [1.54, 1.807) is 0 Å². The Bertz CT molecular complexity index is 320. The van der Waals surface area contributed by atoms with Crippen LogP contribution in [0.5, 0.6) is 0 Å². The van der Waals surface area contributed by atoms with Gasteiger partial charge in [-0.1, -0.05) is 18.2 Å². The van der Waals surface area contributed by atoms with Crippen molar-refractivity contribution in [3.05, 3.63) is 34.9 Å². The number of nitrogens with two attached hydrogens (primary N) is 1. The second kappa shape index (κ2) is 4.11. The van der Waals surface area contributed by atoms with E-state index >= 15 is 0 Å². The lowest BCUT2D eigenvalue weighted by atomic mass is 10.0. The fraction of sp³-hybridized carbons (Fsp3) is 0.500. The number of hydrogen-bond acceptors (Lipinski definition) is 2. The van der Waals surface area contributed by atoms with Crippen LogP contribution in [0, 0.1) is 0 Å². The number of fused-ring (bicyclic) bond motifs is 1. The van der Waals surface area contributed by atoms with E-state index in [0.717, 1.165) is 0 Å². The maximum Gasteiger partial charge on any atom is 0.0178 e. The second-order valence-electron chi connectivity index (χ2n) is 4.11. The van der Waals surface area contributed by atoms with Gasteiger partial charge in [0.1, 0.15) is 0 Å². The van der Waals surface area contributed by atoms with E-state index in [-0.39, 0.29) is 0 Å². The molecule has 1 aliphatic rings. The molecule has 2 rings (SSSR count). The Morgan fingerprint density at radius 2 is 1.93 bits per heavy atom. The standard InChI is InChI=1S/C12H18N2/c1-14-6-4-11-3-2-10(9-13)8-12(11)5-7-14/h2-3,8H,4-7,9,13H2,1H3. The lowest BCUT2D eigenvalue weighted by molar-refractivity contribution is 0.352. The van der Waals surface area contributed by atoms with Gasteiger partial charge < -0.3 is 10.6 Å². The molecule has 0 spiro atoms. The Hall–Kier alpha value is -0.860. The molecule has 0 saturated heterocycles. The normalized spacial score (nSPS) is 17.6. The van der Waals surface area contributed by atoms with Crippen LogP contribution in [0.4, 0.5) is 0 Å². The molecule has 0 bridgehead atoms. The third-order valence-electron chi connectivity index (χ3n) is 3.03. The van der Waals surface area contributed by atoms with Crippen molar-refractivity contribution >= 4 is 0 Å². The summed E-state index contributed by atoms with van der Waals surface area (Å²) < 4.78 is 0. The van der Waals surface area contributed by atoms with Crippen molar-refractivity contribution in [1.82, 2.24) is 4.90 Å². The average Bonchev–Trinajstić information content (AvgIpc) is 2.40. The highest BCUT2D eigenvalue weighted by atomic mass is 15.1. The first-order valence-electron chi connectivity index (χ1n) is 5.29. The summed E-state index contributed by atoms with van der Waals surface area (Å²) in [5.41, 5.74) is 9.90. The number of nitrogens with zero attached hydrogens (tertiary/aromatic N) is 1. The predicted octanol–water partition coefficient (Wildman–Crippen LogP) is 1.18. The molecule has 1 aromatic rings. The van der Waals surface area contributed by atoms with Crippen LogP contribution in [0.2, 0.25) is 0 Å². The van der Waals surface area contributed by atoms with Gasteiger partial charge in [0.15, 0.2) is 0 Å². The van der Waals surface area contributed by atoms with Crippen LogP contribution in [0.3, 0.4) is 0 Å². The molecule has 2 nitrogen and oxygen atoms in total. The predicted molar refractivity (Wildman–Crippen MR) is 59.2 cm³/mol. The van der Waals surface area contributed by atoms with Gasteiger partial charge in [-0.3, -0.25) is 0 Å². The van der Waals surface area contributed by atoms with Gasteiger partial charge in [-0.15, -0.1) is 0 Å². The van der Waals surface area contributed by atoms with Crippen molar-refractivity contribution in [2.75, 3.05) is 20.1 Å². The molecule has 0 aromatic heterocycles. The van der Waals surface area contributed by atoms with Gasteiger partial charge in [0, 0.05) is 19.6 Å².